The summed E-state index contributed by atoms with van der Waals surface area (Å²) in [6.07, 6.45) is 4.68. The van der Waals surface area contributed by atoms with Crippen LogP contribution in [0.25, 0.3) is 11.2 Å². The lowest BCUT2D eigenvalue weighted by Crippen LogP contribution is -2.38. The Hall–Kier alpha value is -2.80. The number of aromatic nitrogens is 3. The van der Waals surface area contributed by atoms with Crippen LogP contribution in [0.2, 0.25) is 5.02 Å². The normalized spacial score (nSPS) is 15.1. The summed E-state index contributed by atoms with van der Waals surface area (Å²) in [6.45, 7) is 1.45. The molecule has 138 valence electrons. The number of fused-ring (bicyclic) bond motifs is 1. The molecule has 0 atom stereocenters. The number of nitrogens with one attached hydrogen (secondary N) is 1. The highest BCUT2D eigenvalue weighted by atomic mass is 35.5. The van der Waals surface area contributed by atoms with E-state index in [4.69, 9.17) is 11.6 Å². The molecule has 27 heavy (non-hydrogen) atoms. The highest BCUT2D eigenvalue weighted by Crippen LogP contribution is 2.25. The lowest BCUT2D eigenvalue weighted by atomic mass is 9.95. The Morgan fingerprint density at radius 2 is 1.93 bits per heavy atom. The zero-order valence-corrected chi connectivity index (χ0v) is 15.2. The molecule has 1 N–H and O–H groups in total. The van der Waals surface area contributed by atoms with Gasteiger partial charge in [-0.2, -0.15) is 0 Å². The van der Waals surface area contributed by atoms with Crippen molar-refractivity contribution >= 4 is 40.2 Å². The summed E-state index contributed by atoms with van der Waals surface area (Å²) < 4.78 is 13.2. The maximum atomic E-state index is 13.2. The molecular weight excluding hydrogens is 369 g/mol. The second-order valence-electron chi connectivity index (χ2n) is 6.45. The lowest BCUT2D eigenvalue weighted by molar-refractivity contribution is -0.120. The predicted octanol–water partition coefficient (Wildman–Crippen LogP) is 3.67. The second kappa shape index (κ2) is 7.44. The summed E-state index contributed by atoms with van der Waals surface area (Å²) in [4.78, 5) is 27.6. The Bertz CT molecular complexity index is 991. The molecule has 3 heterocycles. The van der Waals surface area contributed by atoms with Crippen LogP contribution in [0.4, 0.5) is 15.9 Å². The van der Waals surface area contributed by atoms with Crippen LogP contribution in [0.3, 0.4) is 0 Å². The third-order valence-corrected chi connectivity index (χ3v) is 4.98. The number of carbonyl (C=O) groups excluding carboxylic acids is 1. The van der Waals surface area contributed by atoms with Gasteiger partial charge in [-0.3, -0.25) is 9.78 Å². The Labute approximate surface area is 160 Å². The van der Waals surface area contributed by atoms with E-state index in [-0.39, 0.29) is 16.8 Å². The summed E-state index contributed by atoms with van der Waals surface area (Å²) >= 11 is 5.76. The number of anilines is 2. The van der Waals surface area contributed by atoms with Crippen molar-refractivity contribution in [3.05, 3.63) is 53.6 Å². The van der Waals surface area contributed by atoms with Gasteiger partial charge >= 0.3 is 0 Å². The molecule has 1 aliphatic rings. The minimum atomic E-state index is -0.504. The van der Waals surface area contributed by atoms with E-state index in [9.17, 15) is 9.18 Å². The van der Waals surface area contributed by atoms with E-state index >= 15 is 0 Å². The molecule has 0 saturated carbocycles. The first-order valence-electron chi connectivity index (χ1n) is 8.69. The standard InChI is InChI=1S/C19H17ClFN5O/c20-14-11-13(1-2-15(14)21)24-19(27)12-5-9-26(10-6-12)17-4-3-16-18(25-17)23-8-7-22-16/h1-4,7-8,11-12H,5-6,9-10H2,(H,24,27). The molecular formula is C19H17ClFN5O. The van der Waals surface area contributed by atoms with E-state index in [2.05, 4.69) is 25.2 Å². The van der Waals surface area contributed by atoms with Gasteiger partial charge in [0.2, 0.25) is 5.91 Å². The summed E-state index contributed by atoms with van der Waals surface area (Å²) in [5, 5.41) is 2.81. The fraction of sp³-hybridized carbons (Fsp3) is 0.263. The van der Waals surface area contributed by atoms with Gasteiger partial charge in [0.05, 0.1) is 5.02 Å². The topological polar surface area (TPSA) is 71.0 Å². The molecule has 3 aromatic rings. The van der Waals surface area contributed by atoms with Gasteiger partial charge in [-0.05, 0) is 43.2 Å². The van der Waals surface area contributed by atoms with Gasteiger partial charge in [0, 0.05) is 37.1 Å². The Balaban J connectivity index is 1.38. The van der Waals surface area contributed by atoms with Crippen molar-refractivity contribution in [1.29, 1.82) is 0 Å². The molecule has 2 aromatic heterocycles. The van der Waals surface area contributed by atoms with Crippen molar-refractivity contribution in [2.24, 2.45) is 5.92 Å². The first kappa shape index (κ1) is 17.6. The third kappa shape index (κ3) is 3.83. The van der Waals surface area contributed by atoms with Crippen LogP contribution in [0, 0.1) is 11.7 Å². The highest BCUT2D eigenvalue weighted by Gasteiger charge is 2.26. The van der Waals surface area contributed by atoms with Gasteiger partial charge in [-0.25, -0.2) is 14.4 Å². The smallest absolute Gasteiger partial charge is 0.227 e. The molecule has 1 aliphatic heterocycles. The van der Waals surface area contributed by atoms with Crippen LogP contribution in [0.1, 0.15) is 12.8 Å². The minimum absolute atomic E-state index is 0.00639. The number of carbonyl (C=O) groups is 1. The molecule has 1 amide bonds. The van der Waals surface area contributed by atoms with E-state index < -0.39 is 5.82 Å². The largest absolute Gasteiger partial charge is 0.356 e. The quantitative estimate of drug-likeness (QED) is 0.744. The van der Waals surface area contributed by atoms with Crippen molar-refractivity contribution in [2.75, 3.05) is 23.3 Å². The minimum Gasteiger partial charge on any atom is -0.356 e. The highest BCUT2D eigenvalue weighted by molar-refractivity contribution is 6.31. The summed E-state index contributed by atoms with van der Waals surface area (Å²) in [6, 6.07) is 8.01. The van der Waals surface area contributed by atoms with Crippen molar-refractivity contribution in [3.63, 3.8) is 0 Å². The van der Waals surface area contributed by atoms with Gasteiger partial charge in [-0.1, -0.05) is 11.6 Å². The Morgan fingerprint density at radius 1 is 1.15 bits per heavy atom. The molecule has 0 spiro atoms. The second-order valence-corrected chi connectivity index (χ2v) is 6.86. The molecule has 0 aliphatic carbocycles. The van der Waals surface area contributed by atoms with Crippen LogP contribution in [0.5, 0.6) is 0 Å². The summed E-state index contributed by atoms with van der Waals surface area (Å²) in [7, 11) is 0. The number of amides is 1. The van der Waals surface area contributed by atoms with Crippen molar-refractivity contribution in [1.82, 2.24) is 15.0 Å². The molecule has 8 heteroatoms. The number of halogens is 2. The molecule has 0 unspecified atom stereocenters. The zero-order valence-electron chi connectivity index (χ0n) is 14.4. The number of benzene rings is 1. The third-order valence-electron chi connectivity index (χ3n) is 4.69. The number of hydrogen-bond acceptors (Lipinski definition) is 5. The Kier molecular flexibility index (Phi) is 4.85. The van der Waals surface area contributed by atoms with E-state index in [0.29, 0.717) is 24.2 Å². The molecule has 1 aromatic carbocycles. The monoisotopic (exact) mass is 385 g/mol. The SMILES string of the molecule is O=C(Nc1ccc(F)c(Cl)c1)C1CCN(c2ccc3nccnc3n2)CC1. The lowest BCUT2D eigenvalue weighted by Gasteiger charge is -2.32. The number of nitrogens with zero attached hydrogens (tertiary/aromatic N) is 4. The molecule has 0 bridgehead atoms. The van der Waals surface area contributed by atoms with Gasteiger partial charge in [0.1, 0.15) is 17.2 Å². The van der Waals surface area contributed by atoms with Gasteiger partial charge in [0.25, 0.3) is 0 Å². The van der Waals surface area contributed by atoms with Crippen molar-refractivity contribution in [3.8, 4) is 0 Å². The van der Waals surface area contributed by atoms with Crippen LogP contribution in [0.15, 0.2) is 42.7 Å². The van der Waals surface area contributed by atoms with Crippen molar-refractivity contribution < 1.29 is 9.18 Å². The zero-order chi connectivity index (χ0) is 18.8. The van der Waals surface area contributed by atoms with Crippen molar-refractivity contribution in [2.45, 2.75) is 12.8 Å². The molecule has 1 saturated heterocycles. The maximum absolute atomic E-state index is 13.2. The molecule has 4 rings (SSSR count). The number of rotatable bonds is 3. The van der Waals surface area contributed by atoms with E-state index in [1.807, 2.05) is 12.1 Å². The molecule has 0 radical (unpaired) electrons. The average molecular weight is 386 g/mol. The fourth-order valence-corrected chi connectivity index (χ4v) is 3.39. The maximum Gasteiger partial charge on any atom is 0.227 e. The average Bonchev–Trinajstić information content (AvgIpc) is 2.70. The number of piperidine rings is 1. The molecule has 1 fully saturated rings. The fourth-order valence-electron chi connectivity index (χ4n) is 3.21. The summed E-state index contributed by atoms with van der Waals surface area (Å²) in [5.74, 6) is 0.155. The van der Waals surface area contributed by atoms with Crippen LogP contribution < -0.4 is 10.2 Å². The van der Waals surface area contributed by atoms with Crippen LogP contribution in [-0.2, 0) is 4.79 Å². The number of hydrogen-bond donors (Lipinski definition) is 1. The summed E-state index contributed by atoms with van der Waals surface area (Å²) in [5.41, 5.74) is 1.88. The van der Waals surface area contributed by atoms with E-state index in [1.165, 1.54) is 18.2 Å². The number of pyridine rings is 1. The molecule has 6 nitrogen and oxygen atoms in total. The van der Waals surface area contributed by atoms with Crippen LogP contribution >= 0.6 is 11.6 Å². The first-order chi connectivity index (χ1) is 13.1. The Morgan fingerprint density at radius 3 is 2.70 bits per heavy atom. The van der Waals surface area contributed by atoms with E-state index in [0.717, 1.165) is 24.4 Å². The predicted molar refractivity (Wildman–Crippen MR) is 102 cm³/mol. The first-order valence-corrected chi connectivity index (χ1v) is 9.06. The van der Waals surface area contributed by atoms with Gasteiger partial charge in [0.15, 0.2) is 5.65 Å². The van der Waals surface area contributed by atoms with E-state index in [1.54, 1.807) is 12.4 Å². The van der Waals surface area contributed by atoms with Gasteiger partial charge < -0.3 is 10.2 Å². The van der Waals surface area contributed by atoms with Gasteiger partial charge in [-0.15, -0.1) is 0 Å². The van der Waals surface area contributed by atoms with Crippen LogP contribution in [-0.4, -0.2) is 33.9 Å².